The van der Waals surface area contributed by atoms with Crippen LogP contribution in [0.25, 0.3) is 0 Å². The van der Waals surface area contributed by atoms with Gasteiger partial charge < -0.3 is 9.72 Å². The smallest absolute Gasteiger partial charge is 0.355 e. The number of hydrogen-bond acceptors (Lipinski definition) is 3. The molecular formula is C9H8BrF2NO3. The van der Waals surface area contributed by atoms with Crippen molar-refractivity contribution in [2.45, 2.75) is 13.3 Å². The number of aromatic amines is 1. The number of rotatable bonds is 3. The van der Waals surface area contributed by atoms with E-state index < -0.39 is 29.1 Å². The van der Waals surface area contributed by atoms with Crippen LogP contribution in [0.5, 0.6) is 0 Å². The van der Waals surface area contributed by atoms with Gasteiger partial charge in [-0.05, 0) is 22.9 Å². The number of esters is 1. The molecule has 0 saturated heterocycles. The number of carbonyl (C=O) groups excluding carboxylic acids is 1. The van der Waals surface area contributed by atoms with Gasteiger partial charge in [0, 0.05) is 6.07 Å². The van der Waals surface area contributed by atoms with E-state index in [1.54, 1.807) is 0 Å². The summed E-state index contributed by atoms with van der Waals surface area (Å²) in [4.78, 5) is 24.9. The van der Waals surface area contributed by atoms with Crippen molar-refractivity contribution in [1.82, 2.24) is 4.98 Å². The molecule has 0 unspecified atom stereocenters. The molecule has 0 spiro atoms. The van der Waals surface area contributed by atoms with Gasteiger partial charge in [-0.2, -0.15) is 0 Å². The Morgan fingerprint density at radius 1 is 1.62 bits per heavy atom. The summed E-state index contributed by atoms with van der Waals surface area (Å²) in [6, 6.07) is 0.935. The first-order valence-corrected chi connectivity index (χ1v) is 5.14. The zero-order valence-corrected chi connectivity index (χ0v) is 9.81. The maximum Gasteiger partial charge on any atom is 0.355 e. The first kappa shape index (κ1) is 12.8. The molecule has 1 heterocycles. The van der Waals surface area contributed by atoms with E-state index in [0.29, 0.717) is 0 Å². The van der Waals surface area contributed by atoms with Crippen LogP contribution in [0.15, 0.2) is 15.5 Å². The Labute approximate surface area is 97.7 Å². The largest absolute Gasteiger partial charge is 0.461 e. The number of alkyl halides is 2. The van der Waals surface area contributed by atoms with Crippen LogP contribution in [0.4, 0.5) is 8.78 Å². The summed E-state index contributed by atoms with van der Waals surface area (Å²) in [6.07, 6.45) is -3.03. The van der Waals surface area contributed by atoms with Gasteiger partial charge in [0.25, 0.3) is 6.43 Å². The van der Waals surface area contributed by atoms with Gasteiger partial charge in [0.1, 0.15) is 5.69 Å². The van der Waals surface area contributed by atoms with Crippen molar-refractivity contribution >= 4 is 21.9 Å². The monoisotopic (exact) mass is 295 g/mol. The minimum atomic E-state index is -3.03. The molecule has 1 aromatic rings. The number of halogens is 3. The van der Waals surface area contributed by atoms with E-state index in [2.05, 4.69) is 25.7 Å². The second kappa shape index (κ2) is 5.20. The van der Waals surface area contributed by atoms with Gasteiger partial charge in [-0.15, -0.1) is 0 Å². The molecule has 1 aromatic heterocycles. The second-order valence-corrected chi connectivity index (χ2v) is 3.65. The van der Waals surface area contributed by atoms with Crippen molar-refractivity contribution in [2.75, 3.05) is 6.61 Å². The van der Waals surface area contributed by atoms with Gasteiger partial charge in [-0.25, -0.2) is 13.6 Å². The van der Waals surface area contributed by atoms with Crippen molar-refractivity contribution in [2.24, 2.45) is 0 Å². The topological polar surface area (TPSA) is 59.2 Å². The Kier molecular flexibility index (Phi) is 4.17. The number of carbonyl (C=O) groups is 1. The Morgan fingerprint density at radius 2 is 2.25 bits per heavy atom. The Hall–Kier alpha value is -1.24. The molecule has 88 valence electrons. The normalized spacial score (nSPS) is 10.6. The molecule has 0 amide bonds. The number of hydrogen-bond donors (Lipinski definition) is 1. The van der Waals surface area contributed by atoms with E-state index in [1.165, 1.54) is 6.92 Å². The van der Waals surface area contributed by atoms with E-state index in [0.717, 1.165) is 6.07 Å². The maximum atomic E-state index is 12.6. The van der Waals surface area contributed by atoms with Crippen LogP contribution in [-0.2, 0) is 4.74 Å². The molecular weight excluding hydrogens is 288 g/mol. The molecule has 7 heteroatoms. The molecule has 4 nitrogen and oxygen atoms in total. The van der Waals surface area contributed by atoms with E-state index in [-0.39, 0.29) is 11.2 Å². The van der Waals surface area contributed by atoms with Gasteiger partial charge in [0.2, 0.25) is 0 Å². The summed E-state index contributed by atoms with van der Waals surface area (Å²) < 4.78 is 29.9. The van der Waals surface area contributed by atoms with Gasteiger partial charge >= 0.3 is 5.97 Å². The quantitative estimate of drug-likeness (QED) is 0.687. The zero-order chi connectivity index (χ0) is 12.3. The number of pyridine rings is 1. The highest BCUT2D eigenvalue weighted by molar-refractivity contribution is 9.10. The predicted octanol–water partition coefficient (Wildman–Crippen LogP) is 2.25. The summed E-state index contributed by atoms with van der Waals surface area (Å²) in [7, 11) is 0. The lowest BCUT2D eigenvalue weighted by Gasteiger charge is -2.07. The molecule has 0 fully saturated rings. The molecule has 0 aromatic carbocycles. The Bertz CT molecular complexity index is 459. The van der Waals surface area contributed by atoms with Crippen LogP contribution in [0, 0.1) is 0 Å². The fraction of sp³-hybridized carbons (Fsp3) is 0.333. The molecule has 0 aliphatic heterocycles. The Morgan fingerprint density at radius 3 is 2.75 bits per heavy atom. The highest BCUT2D eigenvalue weighted by Gasteiger charge is 2.23. The highest BCUT2D eigenvalue weighted by atomic mass is 79.9. The van der Waals surface area contributed by atoms with Crippen LogP contribution in [0.3, 0.4) is 0 Å². The van der Waals surface area contributed by atoms with Gasteiger partial charge in [0.15, 0.2) is 5.43 Å². The summed E-state index contributed by atoms with van der Waals surface area (Å²) in [6.45, 7) is 1.58. The average Bonchev–Trinajstić information content (AvgIpc) is 2.15. The average molecular weight is 296 g/mol. The SMILES string of the molecule is CCOC(=O)c1[nH]c(Br)cc(=O)c1C(F)F. The summed E-state index contributed by atoms with van der Waals surface area (Å²) >= 11 is 2.91. The molecule has 0 atom stereocenters. The summed E-state index contributed by atoms with van der Waals surface area (Å²) in [5, 5.41) is 0. The van der Waals surface area contributed by atoms with Crippen molar-refractivity contribution in [3.63, 3.8) is 0 Å². The van der Waals surface area contributed by atoms with Crippen molar-refractivity contribution in [3.8, 4) is 0 Å². The van der Waals surface area contributed by atoms with Crippen LogP contribution in [0.2, 0.25) is 0 Å². The highest BCUT2D eigenvalue weighted by Crippen LogP contribution is 2.20. The molecule has 0 bridgehead atoms. The zero-order valence-electron chi connectivity index (χ0n) is 8.22. The molecule has 1 rings (SSSR count). The molecule has 0 radical (unpaired) electrons. The first-order valence-electron chi connectivity index (χ1n) is 4.35. The predicted molar refractivity (Wildman–Crippen MR) is 55.7 cm³/mol. The second-order valence-electron chi connectivity index (χ2n) is 2.79. The Balaban J connectivity index is 3.35. The van der Waals surface area contributed by atoms with Crippen molar-refractivity contribution in [3.05, 3.63) is 32.2 Å². The minimum absolute atomic E-state index is 0.0378. The lowest BCUT2D eigenvalue weighted by Crippen LogP contribution is -2.19. The van der Waals surface area contributed by atoms with Crippen LogP contribution < -0.4 is 5.43 Å². The molecule has 0 saturated carbocycles. The fourth-order valence-corrected chi connectivity index (χ4v) is 1.53. The number of ether oxygens (including phenoxy) is 1. The number of H-pyrrole nitrogens is 1. The van der Waals surface area contributed by atoms with Gasteiger partial charge in [-0.1, -0.05) is 0 Å². The standard InChI is InChI=1S/C9H8BrF2NO3/c1-2-16-9(15)7-6(8(11)12)4(14)3-5(10)13-7/h3,8H,2H2,1H3,(H,13,14). The minimum Gasteiger partial charge on any atom is -0.461 e. The van der Waals surface area contributed by atoms with E-state index in [4.69, 9.17) is 0 Å². The van der Waals surface area contributed by atoms with Gasteiger partial charge in [0.05, 0.1) is 16.8 Å². The lowest BCUT2D eigenvalue weighted by atomic mass is 10.2. The van der Waals surface area contributed by atoms with E-state index in [9.17, 15) is 18.4 Å². The molecule has 0 aliphatic carbocycles. The molecule has 0 aliphatic rings. The maximum absolute atomic E-state index is 12.6. The summed E-state index contributed by atoms with van der Waals surface area (Å²) in [5.41, 5.74) is -2.30. The number of aromatic nitrogens is 1. The van der Waals surface area contributed by atoms with Crippen LogP contribution in [-0.4, -0.2) is 17.6 Å². The first-order chi connectivity index (χ1) is 7.47. The molecule has 16 heavy (non-hydrogen) atoms. The third-order valence-electron chi connectivity index (χ3n) is 1.73. The van der Waals surface area contributed by atoms with Crippen LogP contribution in [0.1, 0.15) is 29.4 Å². The molecule has 1 N–H and O–H groups in total. The number of nitrogens with one attached hydrogen (secondary N) is 1. The van der Waals surface area contributed by atoms with Crippen LogP contribution >= 0.6 is 15.9 Å². The summed E-state index contributed by atoms with van der Waals surface area (Å²) in [5.74, 6) is -0.976. The van der Waals surface area contributed by atoms with Crippen molar-refractivity contribution < 1.29 is 18.3 Å². The lowest BCUT2D eigenvalue weighted by molar-refractivity contribution is 0.0506. The van der Waals surface area contributed by atoms with Gasteiger partial charge in [-0.3, -0.25) is 4.79 Å². The van der Waals surface area contributed by atoms with Crippen molar-refractivity contribution in [1.29, 1.82) is 0 Å². The third-order valence-corrected chi connectivity index (χ3v) is 2.16. The third kappa shape index (κ3) is 2.66. The fourth-order valence-electron chi connectivity index (χ4n) is 1.12. The van der Waals surface area contributed by atoms with E-state index in [1.807, 2.05) is 0 Å². The van der Waals surface area contributed by atoms with E-state index >= 15 is 0 Å².